The van der Waals surface area contributed by atoms with Crippen LogP contribution in [0.3, 0.4) is 0 Å². The van der Waals surface area contributed by atoms with Gasteiger partial charge in [0.25, 0.3) is 11.8 Å². The van der Waals surface area contributed by atoms with Crippen LogP contribution >= 0.6 is 0 Å². The van der Waals surface area contributed by atoms with E-state index in [-0.39, 0.29) is 31.2 Å². The highest BCUT2D eigenvalue weighted by molar-refractivity contribution is 6.15. The molecule has 1 fully saturated rings. The molecule has 0 bridgehead atoms. The van der Waals surface area contributed by atoms with Crippen LogP contribution in [0.15, 0.2) is 24.3 Å². The summed E-state index contributed by atoms with van der Waals surface area (Å²) in [5, 5.41) is 4.53. The molecule has 0 unspecified atom stereocenters. The van der Waals surface area contributed by atoms with Crippen LogP contribution in [0, 0.1) is 0 Å². The summed E-state index contributed by atoms with van der Waals surface area (Å²) in [5.74, 6) is -2.40. The van der Waals surface area contributed by atoms with Crippen molar-refractivity contribution in [2.45, 2.75) is 38.8 Å². The van der Waals surface area contributed by atoms with Gasteiger partial charge in [-0.25, -0.2) is 9.59 Å². The SMILES string of the molecule is CCCNC(=O)NC(=O)COC(=O)[C@]12CCC(=O)N1c1ccccc1C(=O)N2CC. The monoisotopic (exact) mass is 416 g/mol. The number of para-hydroxylation sites is 1. The number of urea groups is 1. The molecule has 0 saturated carbocycles. The van der Waals surface area contributed by atoms with E-state index in [0.717, 1.165) is 0 Å². The molecule has 2 aliphatic heterocycles. The van der Waals surface area contributed by atoms with Crippen molar-refractivity contribution in [1.29, 1.82) is 0 Å². The molecule has 3 rings (SSSR count). The Morgan fingerprint density at radius 2 is 1.90 bits per heavy atom. The smallest absolute Gasteiger partial charge is 0.354 e. The van der Waals surface area contributed by atoms with E-state index >= 15 is 0 Å². The molecular formula is C20H24N4O6. The number of imide groups is 1. The van der Waals surface area contributed by atoms with Crippen LogP contribution in [0.4, 0.5) is 10.5 Å². The molecular weight excluding hydrogens is 392 g/mol. The van der Waals surface area contributed by atoms with Crippen molar-refractivity contribution in [2.75, 3.05) is 24.6 Å². The number of nitrogens with one attached hydrogen (secondary N) is 2. The number of hydrogen-bond donors (Lipinski definition) is 2. The number of esters is 1. The van der Waals surface area contributed by atoms with E-state index in [1.165, 1.54) is 9.80 Å². The highest BCUT2D eigenvalue weighted by atomic mass is 16.5. The minimum atomic E-state index is -1.65. The van der Waals surface area contributed by atoms with E-state index in [0.29, 0.717) is 24.2 Å². The second-order valence-electron chi connectivity index (χ2n) is 6.99. The summed E-state index contributed by atoms with van der Waals surface area (Å²) >= 11 is 0. The van der Waals surface area contributed by atoms with Gasteiger partial charge in [0.1, 0.15) is 0 Å². The van der Waals surface area contributed by atoms with Gasteiger partial charge in [-0.1, -0.05) is 19.1 Å². The molecule has 10 heteroatoms. The van der Waals surface area contributed by atoms with Gasteiger partial charge >= 0.3 is 12.0 Å². The first kappa shape index (κ1) is 21.3. The Morgan fingerprint density at radius 3 is 2.60 bits per heavy atom. The van der Waals surface area contributed by atoms with Gasteiger partial charge in [0.15, 0.2) is 6.61 Å². The molecule has 30 heavy (non-hydrogen) atoms. The zero-order valence-electron chi connectivity index (χ0n) is 16.9. The predicted molar refractivity (Wildman–Crippen MR) is 105 cm³/mol. The lowest BCUT2D eigenvalue weighted by Gasteiger charge is -2.47. The third-order valence-corrected chi connectivity index (χ3v) is 5.14. The molecule has 0 aromatic heterocycles. The van der Waals surface area contributed by atoms with Crippen molar-refractivity contribution in [2.24, 2.45) is 0 Å². The molecule has 1 atom stereocenters. The number of rotatable bonds is 6. The highest BCUT2D eigenvalue weighted by Crippen LogP contribution is 2.44. The average molecular weight is 416 g/mol. The van der Waals surface area contributed by atoms with Gasteiger partial charge in [-0.3, -0.25) is 24.6 Å². The highest BCUT2D eigenvalue weighted by Gasteiger charge is 2.61. The van der Waals surface area contributed by atoms with Crippen LogP contribution in [0.1, 0.15) is 43.5 Å². The van der Waals surface area contributed by atoms with Crippen LogP contribution in [0.5, 0.6) is 0 Å². The minimum Gasteiger partial charge on any atom is -0.452 e. The van der Waals surface area contributed by atoms with Crippen molar-refractivity contribution >= 4 is 35.4 Å². The first-order chi connectivity index (χ1) is 14.4. The number of fused-ring (bicyclic) bond motifs is 3. The van der Waals surface area contributed by atoms with E-state index in [4.69, 9.17) is 4.74 Å². The summed E-state index contributed by atoms with van der Waals surface area (Å²) < 4.78 is 5.18. The third kappa shape index (κ3) is 3.49. The van der Waals surface area contributed by atoms with Gasteiger partial charge in [0, 0.05) is 25.9 Å². The van der Waals surface area contributed by atoms with E-state index in [1.807, 2.05) is 6.92 Å². The summed E-state index contributed by atoms with van der Waals surface area (Å²) in [4.78, 5) is 65.0. The topological polar surface area (TPSA) is 125 Å². The molecule has 1 saturated heterocycles. The largest absolute Gasteiger partial charge is 0.452 e. The van der Waals surface area contributed by atoms with Crippen LogP contribution < -0.4 is 15.5 Å². The number of nitrogens with zero attached hydrogens (tertiary/aromatic N) is 2. The molecule has 160 valence electrons. The van der Waals surface area contributed by atoms with Crippen molar-refractivity contribution in [3.05, 3.63) is 29.8 Å². The Hall–Kier alpha value is -3.43. The van der Waals surface area contributed by atoms with E-state index in [9.17, 15) is 24.0 Å². The number of hydrogen-bond acceptors (Lipinski definition) is 6. The lowest BCUT2D eigenvalue weighted by molar-refractivity contribution is -0.159. The number of amides is 5. The second kappa shape index (κ2) is 8.52. The Bertz CT molecular complexity index is 901. The first-order valence-corrected chi connectivity index (χ1v) is 9.85. The Kier molecular flexibility index (Phi) is 6.04. The molecule has 5 amide bonds. The number of carbonyl (C=O) groups excluding carboxylic acids is 5. The maximum absolute atomic E-state index is 13.1. The second-order valence-corrected chi connectivity index (χ2v) is 6.99. The molecule has 10 nitrogen and oxygen atoms in total. The zero-order chi connectivity index (χ0) is 21.9. The predicted octanol–water partition coefficient (Wildman–Crippen LogP) is 0.764. The Labute approximate surface area is 173 Å². The third-order valence-electron chi connectivity index (χ3n) is 5.14. The lowest BCUT2D eigenvalue weighted by atomic mass is 9.96. The maximum Gasteiger partial charge on any atom is 0.354 e. The number of likely N-dealkylation sites (N-methyl/N-ethyl adjacent to an activating group) is 1. The van der Waals surface area contributed by atoms with Gasteiger partial charge in [0.05, 0.1) is 11.3 Å². The standard InChI is InChI=1S/C20H24N4O6/c1-3-11-21-19(29)22-15(25)12-30-18(28)20-10-9-16(26)24(20)14-8-6-5-7-13(14)17(27)23(20)4-2/h5-8H,3-4,9-12H2,1-2H3,(H2,21,22,25,29)/t20-/m0/s1. The fourth-order valence-electron chi connectivity index (χ4n) is 3.86. The van der Waals surface area contributed by atoms with E-state index < -0.39 is 30.2 Å². The normalized spacial score (nSPS) is 19.8. The molecule has 2 aliphatic rings. The number of ether oxygens (including phenoxy) is 1. The van der Waals surface area contributed by atoms with E-state index in [2.05, 4.69) is 10.6 Å². The maximum atomic E-state index is 13.1. The molecule has 0 aliphatic carbocycles. The van der Waals surface area contributed by atoms with Crippen LogP contribution in [0.2, 0.25) is 0 Å². The van der Waals surface area contributed by atoms with Crippen LogP contribution in [-0.4, -0.2) is 60.0 Å². The molecule has 0 radical (unpaired) electrons. The van der Waals surface area contributed by atoms with E-state index in [1.54, 1.807) is 31.2 Å². The lowest BCUT2D eigenvalue weighted by Crippen LogP contribution is -2.68. The molecule has 0 spiro atoms. The quantitative estimate of drug-likeness (QED) is 0.660. The van der Waals surface area contributed by atoms with Crippen molar-refractivity contribution in [3.63, 3.8) is 0 Å². The van der Waals surface area contributed by atoms with Gasteiger partial charge in [-0.2, -0.15) is 0 Å². The van der Waals surface area contributed by atoms with Gasteiger partial charge in [0.2, 0.25) is 11.6 Å². The minimum absolute atomic E-state index is 0.0528. The van der Waals surface area contributed by atoms with Crippen molar-refractivity contribution in [1.82, 2.24) is 15.5 Å². The van der Waals surface area contributed by atoms with Gasteiger partial charge in [-0.05, 0) is 25.5 Å². The van der Waals surface area contributed by atoms with Crippen LogP contribution in [0.25, 0.3) is 0 Å². The van der Waals surface area contributed by atoms with Gasteiger partial charge in [-0.15, -0.1) is 0 Å². The number of anilines is 1. The summed E-state index contributed by atoms with van der Waals surface area (Å²) in [6, 6.07) is 5.88. The summed E-state index contributed by atoms with van der Waals surface area (Å²) in [6.07, 6.45) is 0.807. The Balaban J connectivity index is 1.83. The van der Waals surface area contributed by atoms with Crippen molar-refractivity contribution in [3.8, 4) is 0 Å². The summed E-state index contributed by atoms with van der Waals surface area (Å²) in [7, 11) is 0. The summed E-state index contributed by atoms with van der Waals surface area (Å²) in [6.45, 7) is 3.41. The average Bonchev–Trinajstić information content (AvgIpc) is 3.09. The molecule has 2 heterocycles. The first-order valence-electron chi connectivity index (χ1n) is 9.85. The molecule has 2 N–H and O–H groups in total. The number of carbonyl (C=O) groups is 5. The number of benzene rings is 1. The fourth-order valence-corrected chi connectivity index (χ4v) is 3.86. The Morgan fingerprint density at radius 1 is 1.17 bits per heavy atom. The van der Waals surface area contributed by atoms with Gasteiger partial charge < -0.3 is 15.0 Å². The molecule has 1 aromatic rings. The molecule has 1 aromatic carbocycles. The zero-order valence-corrected chi connectivity index (χ0v) is 16.9. The van der Waals surface area contributed by atoms with Crippen LogP contribution in [-0.2, 0) is 19.1 Å². The summed E-state index contributed by atoms with van der Waals surface area (Å²) in [5.41, 5.74) is -0.986. The fraction of sp³-hybridized carbons (Fsp3) is 0.450. The van der Waals surface area contributed by atoms with Crippen molar-refractivity contribution < 1.29 is 28.7 Å².